The first-order valence-corrected chi connectivity index (χ1v) is 8.84. The maximum atomic E-state index is 12.2. The quantitative estimate of drug-likeness (QED) is 0.883. The number of amides is 1. The molecule has 3 nitrogen and oxygen atoms in total. The molecule has 1 fully saturated rings. The summed E-state index contributed by atoms with van der Waals surface area (Å²) in [5, 5.41) is 5.07. The van der Waals surface area contributed by atoms with Gasteiger partial charge in [-0.25, -0.2) is 4.98 Å². The number of carbonyl (C=O) groups is 1. The summed E-state index contributed by atoms with van der Waals surface area (Å²) in [7, 11) is 0. The Bertz CT molecular complexity index is 619. The van der Waals surface area contributed by atoms with Crippen molar-refractivity contribution >= 4 is 17.2 Å². The minimum Gasteiger partial charge on any atom is -0.355 e. The highest BCUT2D eigenvalue weighted by Crippen LogP contribution is 2.47. The lowest BCUT2D eigenvalue weighted by atomic mass is 10.00. The normalized spacial score (nSPS) is 20.1. The Kier molecular flexibility index (Phi) is 4.57. The van der Waals surface area contributed by atoms with Gasteiger partial charge in [0, 0.05) is 24.3 Å². The summed E-state index contributed by atoms with van der Waals surface area (Å²) in [6.07, 6.45) is 1.79. The fourth-order valence-corrected chi connectivity index (χ4v) is 3.38. The maximum Gasteiger partial charge on any atom is 0.223 e. The first-order chi connectivity index (χ1) is 10.6. The lowest BCUT2D eigenvalue weighted by Gasteiger charge is -2.07. The number of hydrogen-bond acceptors (Lipinski definition) is 3. The summed E-state index contributed by atoms with van der Waals surface area (Å²) in [5.41, 5.74) is 5.54. The van der Waals surface area contributed by atoms with Gasteiger partial charge in [0.15, 0.2) is 0 Å². The van der Waals surface area contributed by atoms with E-state index >= 15 is 0 Å². The number of nitrogens with one attached hydrogen (secondary N) is 1. The van der Waals surface area contributed by atoms with Gasteiger partial charge >= 0.3 is 0 Å². The number of hydrogen-bond donors (Lipinski definition) is 1. The lowest BCUT2D eigenvalue weighted by molar-refractivity contribution is -0.122. The van der Waals surface area contributed by atoms with E-state index in [9.17, 15) is 4.79 Å². The van der Waals surface area contributed by atoms with Gasteiger partial charge in [0.05, 0.1) is 11.2 Å². The number of aromatic nitrogens is 1. The average molecular weight is 314 g/mol. The van der Waals surface area contributed by atoms with Gasteiger partial charge in [-0.1, -0.05) is 38.1 Å². The van der Waals surface area contributed by atoms with E-state index < -0.39 is 0 Å². The van der Waals surface area contributed by atoms with Crippen LogP contribution in [0.3, 0.4) is 0 Å². The molecule has 4 heteroatoms. The predicted octanol–water partition coefficient (Wildman–Crippen LogP) is 3.73. The molecule has 1 amide bonds. The molecule has 1 aromatic carbocycles. The van der Waals surface area contributed by atoms with Crippen molar-refractivity contribution < 1.29 is 4.79 Å². The molecule has 3 rings (SSSR count). The molecule has 0 saturated heterocycles. The van der Waals surface area contributed by atoms with E-state index in [0.29, 0.717) is 18.4 Å². The molecule has 2 atom stereocenters. The van der Waals surface area contributed by atoms with E-state index in [1.165, 1.54) is 11.1 Å². The smallest absolute Gasteiger partial charge is 0.223 e. The average Bonchev–Trinajstić information content (AvgIpc) is 3.16. The van der Waals surface area contributed by atoms with Gasteiger partial charge in [-0.3, -0.25) is 4.79 Å². The Morgan fingerprint density at radius 1 is 1.36 bits per heavy atom. The van der Waals surface area contributed by atoms with Crippen LogP contribution in [0.5, 0.6) is 0 Å². The SMILES string of the molecule is CC(C)c1ccc([C@@H]2C[C@@H]2C(=O)NCCc2cscn2)cc1. The molecule has 0 spiro atoms. The fourth-order valence-electron chi connectivity index (χ4n) is 2.79. The highest BCUT2D eigenvalue weighted by molar-refractivity contribution is 7.07. The van der Waals surface area contributed by atoms with Crippen molar-refractivity contribution in [1.29, 1.82) is 0 Å². The third-order valence-electron chi connectivity index (χ3n) is 4.32. The van der Waals surface area contributed by atoms with Crippen molar-refractivity contribution in [2.24, 2.45) is 5.92 Å². The largest absolute Gasteiger partial charge is 0.355 e. The molecule has 0 unspecified atom stereocenters. The second kappa shape index (κ2) is 6.61. The van der Waals surface area contributed by atoms with E-state index in [0.717, 1.165) is 18.5 Å². The van der Waals surface area contributed by atoms with Crippen molar-refractivity contribution in [3.8, 4) is 0 Å². The van der Waals surface area contributed by atoms with Crippen LogP contribution in [0.25, 0.3) is 0 Å². The van der Waals surface area contributed by atoms with Gasteiger partial charge in [0.25, 0.3) is 0 Å². The molecular formula is C18H22N2OS. The van der Waals surface area contributed by atoms with E-state index in [1.807, 2.05) is 10.9 Å². The molecule has 0 bridgehead atoms. The number of nitrogens with zero attached hydrogens (tertiary/aromatic N) is 1. The van der Waals surface area contributed by atoms with Crippen LogP contribution >= 0.6 is 11.3 Å². The van der Waals surface area contributed by atoms with Gasteiger partial charge in [-0.15, -0.1) is 11.3 Å². The lowest BCUT2D eigenvalue weighted by Crippen LogP contribution is -2.27. The molecule has 2 aromatic rings. The minimum atomic E-state index is 0.153. The van der Waals surface area contributed by atoms with Crippen molar-refractivity contribution in [2.75, 3.05) is 6.54 Å². The summed E-state index contributed by atoms with van der Waals surface area (Å²) in [4.78, 5) is 16.4. The van der Waals surface area contributed by atoms with E-state index in [2.05, 4.69) is 48.4 Å². The predicted molar refractivity (Wildman–Crippen MR) is 90.2 cm³/mol. The summed E-state index contributed by atoms with van der Waals surface area (Å²) >= 11 is 1.59. The highest BCUT2D eigenvalue weighted by Gasteiger charge is 2.43. The van der Waals surface area contributed by atoms with Gasteiger partial charge in [-0.2, -0.15) is 0 Å². The summed E-state index contributed by atoms with van der Waals surface area (Å²) in [5.74, 6) is 1.30. The molecule has 1 aliphatic carbocycles. The molecule has 1 N–H and O–H groups in total. The number of carbonyl (C=O) groups excluding carboxylic acids is 1. The second-order valence-electron chi connectivity index (χ2n) is 6.29. The Morgan fingerprint density at radius 2 is 2.14 bits per heavy atom. The van der Waals surface area contributed by atoms with Crippen molar-refractivity contribution in [3.05, 3.63) is 52.0 Å². The Labute approximate surface area is 135 Å². The Hall–Kier alpha value is -1.68. The van der Waals surface area contributed by atoms with Crippen LogP contribution < -0.4 is 5.32 Å². The topological polar surface area (TPSA) is 42.0 Å². The zero-order valence-electron chi connectivity index (χ0n) is 13.1. The minimum absolute atomic E-state index is 0.153. The van der Waals surface area contributed by atoms with Crippen LogP contribution in [-0.2, 0) is 11.2 Å². The Balaban J connectivity index is 1.47. The summed E-state index contributed by atoms with van der Waals surface area (Å²) in [6.45, 7) is 5.08. The summed E-state index contributed by atoms with van der Waals surface area (Å²) in [6, 6.07) is 8.75. The highest BCUT2D eigenvalue weighted by atomic mass is 32.1. The number of rotatable bonds is 6. The molecule has 1 saturated carbocycles. The van der Waals surface area contributed by atoms with E-state index in [1.54, 1.807) is 11.3 Å². The Morgan fingerprint density at radius 3 is 2.77 bits per heavy atom. The maximum absolute atomic E-state index is 12.2. The third-order valence-corrected chi connectivity index (χ3v) is 4.96. The van der Waals surface area contributed by atoms with Crippen LogP contribution in [0.2, 0.25) is 0 Å². The molecule has 1 heterocycles. The van der Waals surface area contributed by atoms with Crippen LogP contribution in [0.1, 0.15) is 48.9 Å². The van der Waals surface area contributed by atoms with Crippen LogP contribution in [0.15, 0.2) is 35.2 Å². The van der Waals surface area contributed by atoms with Gasteiger partial charge in [0.2, 0.25) is 5.91 Å². The van der Waals surface area contributed by atoms with Gasteiger partial charge in [-0.05, 0) is 29.4 Å². The second-order valence-corrected chi connectivity index (χ2v) is 7.01. The van der Waals surface area contributed by atoms with Gasteiger partial charge in [0.1, 0.15) is 0 Å². The van der Waals surface area contributed by atoms with Crippen LogP contribution in [0, 0.1) is 5.92 Å². The van der Waals surface area contributed by atoms with Crippen molar-refractivity contribution in [3.63, 3.8) is 0 Å². The van der Waals surface area contributed by atoms with Crippen molar-refractivity contribution in [2.45, 2.75) is 38.5 Å². The first kappa shape index (κ1) is 15.2. The number of thiazole rings is 1. The molecule has 116 valence electrons. The fraction of sp³-hybridized carbons (Fsp3) is 0.444. The molecule has 1 aliphatic rings. The molecule has 1 aromatic heterocycles. The molecule has 22 heavy (non-hydrogen) atoms. The summed E-state index contributed by atoms with van der Waals surface area (Å²) < 4.78 is 0. The zero-order chi connectivity index (χ0) is 15.5. The number of benzene rings is 1. The molecule has 0 radical (unpaired) electrons. The van der Waals surface area contributed by atoms with Crippen molar-refractivity contribution in [1.82, 2.24) is 10.3 Å². The van der Waals surface area contributed by atoms with Gasteiger partial charge < -0.3 is 5.32 Å². The van der Waals surface area contributed by atoms with E-state index in [-0.39, 0.29) is 11.8 Å². The molecular weight excluding hydrogens is 292 g/mol. The monoisotopic (exact) mass is 314 g/mol. The van der Waals surface area contributed by atoms with E-state index in [4.69, 9.17) is 0 Å². The zero-order valence-corrected chi connectivity index (χ0v) is 13.9. The standard InChI is InChI=1S/C18H22N2OS/c1-12(2)13-3-5-14(6-4-13)16-9-17(16)18(21)19-8-7-15-10-22-11-20-15/h3-6,10-12,16-17H,7-9H2,1-2H3,(H,19,21)/t16-,17-/m0/s1. The van der Waals surface area contributed by atoms with Crippen LogP contribution in [0.4, 0.5) is 0 Å². The van der Waals surface area contributed by atoms with Crippen LogP contribution in [-0.4, -0.2) is 17.4 Å². The molecule has 0 aliphatic heterocycles. The third kappa shape index (κ3) is 3.55. The first-order valence-electron chi connectivity index (χ1n) is 7.90.